The summed E-state index contributed by atoms with van der Waals surface area (Å²) < 4.78 is 5.73. The summed E-state index contributed by atoms with van der Waals surface area (Å²) in [5.74, 6) is 6.60. The molecule has 0 bridgehead atoms. The summed E-state index contributed by atoms with van der Waals surface area (Å²) in [5, 5.41) is 34.8. The molecule has 0 amide bonds. The van der Waals surface area contributed by atoms with Crippen LogP contribution in [0.1, 0.15) is 12.0 Å². The van der Waals surface area contributed by atoms with Crippen LogP contribution in [0.5, 0.6) is 0 Å². The second kappa shape index (κ2) is 6.46. The summed E-state index contributed by atoms with van der Waals surface area (Å²) in [7, 11) is 0. The Balaban J connectivity index is 1.51. The number of hydrogen-bond donors (Lipinski definition) is 2. The Hall–Kier alpha value is -3.68. The van der Waals surface area contributed by atoms with Crippen LogP contribution in [0.3, 0.4) is 0 Å². The average molecular weight is 440 g/mol. The highest BCUT2D eigenvalue weighted by Gasteiger charge is 2.32. The molecule has 1 aliphatic rings. The van der Waals surface area contributed by atoms with Gasteiger partial charge in [-0.05, 0) is 70.7 Å². The highest BCUT2D eigenvalue weighted by atomic mass is 16.5. The van der Waals surface area contributed by atoms with E-state index in [2.05, 4.69) is 78.6 Å². The fourth-order valence-electron chi connectivity index (χ4n) is 6.24. The molecular weight excluding hydrogens is 420 g/mol. The number of benzene rings is 7. The van der Waals surface area contributed by atoms with Gasteiger partial charge < -0.3 is 14.9 Å². The Morgan fingerprint density at radius 3 is 1.76 bits per heavy atom. The maximum Gasteiger partial charge on any atom is 0.121 e. The number of hydrogen-bond acceptors (Lipinski definition) is 3. The molecule has 7 aromatic carbocycles. The van der Waals surface area contributed by atoms with E-state index in [4.69, 9.17) is 4.74 Å². The second-order valence-electron chi connectivity index (χ2n) is 9.58. The highest BCUT2D eigenvalue weighted by Crippen LogP contribution is 2.48. The van der Waals surface area contributed by atoms with Gasteiger partial charge in [-0.25, -0.2) is 0 Å². The van der Waals surface area contributed by atoms with Crippen LogP contribution < -0.4 is 0 Å². The van der Waals surface area contributed by atoms with E-state index in [9.17, 15) is 10.2 Å². The van der Waals surface area contributed by atoms with Crippen molar-refractivity contribution in [1.29, 1.82) is 0 Å². The third kappa shape index (κ3) is 2.28. The second-order valence-corrected chi connectivity index (χ2v) is 9.58. The zero-order chi connectivity index (χ0) is 22.6. The monoisotopic (exact) mass is 440 g/mol. The van der Waals surface area contributed by atoms with Gasteiger partial charge in [0.25, 0.3) is 0 Å². The molecule has 1 saturated heterocycles. The van der Waals surface area contributed by atoms with Crippen LogP contribution in [0.15, 0.2) is 66.7 Å². The molecule has 0 radical (unpaired) electrons. The summed E-state index contributed by atoms with van der Waals surface area (Å²) in [4.78, 5) is 0. The van der Waals surface area contributed by atoms with Gasteiger partial charge in [-0.2, -0.15) is 0 Å². The van der Waals surface area contributed by atoms with Gasteiger partial charge in [0.05, 0.1) is 12.7 Å². The van der Waals surface area contributed by atoms with E-state index in [0.717, 1.165) is 10.9 Å². The number of ether oxygens (including phenoxy) is 1. The zero-order valence-corrected chi connectivity index (χ0v) is 18.3. The van der Waals surface area contributed by atoms with Crippen molar-refractivity contribution in [3.05, 3.63) is 72.3 Å². The number of aliphatic hydroxyl groups is 2. The number of aliphatic hydroxyl groups excluding tert-OH is 2. The third-order valence-electron chi connectivity index (χ3n) is 7.77. The Bertz CT molecular complexity index is 1880. The van der Waals surface area contributed by atoms with Gasteiger partial charge in [-0.3, -0.25) is 0 Å². The van der Waals surface area contributed by atoms with Gasteiger partial charge in [0, 0.05) is 12.0 Å². The van der Waals surface area contributed by atoms with Gasteiger partial charge >= 0.3 is 0 Å². The molecule has 1 unspecified atom stereocenters. The standard InChI is InChI=1S/C31H20O3/c32-15-25-24(33)14-22(34-25)11-9-20-13-21-8-7-18-4-2-16-1-3-17-5-6-19-10-12-23(20)31-29(19)27(17)26(16)28(18)30(21)31/h1-8,10,12-13,22,24-25,32-33H,14-15H2/t22?,24-,25+/m0/s1. The van der Waals surface area contributed by atoms with E-state index in [1.807, 2.05) is 0 Å². The predicted octanol–water partition coefficient (Wildman–Crippen LogP) is 5.78. The van der Waals surface area contributed by atoms with Gasteiger partial charge in [0.2, 0.25) is 0 Å². The molecule has 0 saturated carbocycles. The predicted molar refractivity (Wildman–Crippen MR) is 138 cm³/mol. The van der Waals surface area contributed by atoms with Gasteiger partial charge in [0.15, 0.2) is 0 Å². The quantitative estimate of drug-likeness (QED) is 0.193. The molecule has 3 nitrogen and oxygen atoms in total. The molecule has 2 N–H and O–H groups in total. The van der Waals surface area contributed by atoms with Crippen molar-refractivity contribution in [3.63, 3.8) is 0 Å². The van der Waals surface area contributed by atoms with Crippen molar-refractivity contribution in [2.75, 3.05) is 6.61 Å². The first kappa shape index (κ1) is 18.7. The van der Waals surface area contributed by atoms with Crippen molar-refractivity contribution in [3.8, 4) is 11.8 Å². The highest BCUT2D eigenvalue weighted by molar-refractivity contribution is 6.44. The molecule has 3 heteroatoms. The Labute approximate surface area is 195 Å². The van der Waals surface area contributed by atoms with E-state index in [1.165, 1.54) is 59.2 Å². The third-order valence-corrected chi connectivity index (χ3v) is 7.77. The Kier molecular flexibility index (Phi) is 3.56. The zero-order valence-electron chi connectivity index (χ0n) is 18.3. The van der Waals surface area contributed by atoms with Crippen LogP contribution in [0.25, 0.3) is 64.6 Å². The van der Waals surface area contributed by atoms with Crippen LogP contribution in [0.2, 0.25) is 0 Å². The SMILES string of the molecule is OC[C@H]1OC(C#Cc2cc3ccc4ccc5ccc6ccc7ccc2c2c7c6c5c4c32)C[C@@H]1O. The molecule has 0 spiro atoms. The molecule has 162 valence electrons. The fraction of sp³-hybridized carbons (Fsp3) is 0.161. The van der Waals surface area contributed by atoms with Gasteiger partial charge in [-0.1, -0.05) is 72.5 Å². The molecule has 34 heavy (non-hydrogen) atoms. The normalized spacial score (nSPS) is 21.2. The molecule has 3 atom stereocenters. The minimum Gasteiger partial charge on any atom is -0.394 e. The first-order valence-electron chi connectivity index (χ1n) is 11.8. The van der Waals surface area contributed by atoms with Crippen molar-refractivity contribution in [2.24, 2.45) is 0 Å². The summed E-state index contributed by atoms with van der Waals surface area (Å²) in [6.07, 6.45) is -1.19. The average Bonchev–Trinajstić information content (AvgIpc) is 3.25. The lowest BCUT2D eigenvalue weighted by atomic mass is 9.82. The number of rotatable bonds is 1. The molecular formula is C31H20O3. The fourth-order valence-corrected chi connectivity index (χ4v) is 6.24. The molecule has 1 aliphatic heterocycles. The maximum atomic E-state index is 10.1. The van der Waals surface area contributed by atoms with Crippen LogP contribution in [-0.4, -0.2) is 35.1 Å². The van der Waals surface area contributed by atoms with E-state index >= 15 is 0 Å². The summed E-state index contributed by atoms with van der Waals surface area (Å²) in [6.45, 7) is -0.193. The first-order valence-corrected chi connectivity index (χ1v) is 11.8. The lowest BCUT2D eigenvalue weighted by Gasteiger charge is -2.21. The topological polar surface area (TPSA) is 49.7 Å². The summed E-state index contributed by atoms with van der Waals surface area (Å²) in [5.41, 5.74) is 0.970. The van der Waals surface area contributed by atoms with E-state index < -0.39 is 12.2 Å². The van der Waals surface area contributed by atoms with Crippen LogP contribution in [-0.2, 0) is 4.74 Å². The minimum absolute atomic E-state index is 0.193. The first-order chi connectivity index (χ1) is 16.7. The van der Waals surface area contributed by atoms with E-state index in [1.54, 1.807) is 0 Å². The smallest absolute Gasteiger partial charge is 0.121 e. The lowest BCUT2D eigenvalue weighted by molar-refractivity contribution is -0.00869. The lowest BCUT2D eigenvalue weighted by Crippen LogP contribution is -2.24. The van der Waals surface area contributed by atoms with Crippen LogP contribution in [0.4, 0.5) is 0 Å². The minimum atomic E-state index is -0.675. The Morgan fingerprint density at radius 2 is 1.21 bits per heavy atom. The maximum absolute atomic E-state index is 10.1. The molecule has 7 aromatic rings. The molecule has 0 aliphatic carbocycles. The van der Waals surface area contributed by atoms with Gasteiger partial charge in [-0.15, -0.1) is 0 Å². The van der Waals surface area contributed by atoms with Crippen molar-refractivity contribution in [1.82, 2.24) is 0 Å². The molecule has 1 heterocycles. The largest absolute Gasteiger partial charge is 0.394 e. The van der Waals surface area contributed by atoms with E-state index in [-0.39, 0.29) is 12.7 Å². The molecule has 0 aromatic heterocycles. The van der Waals surface area contributed by atoms with Crippen molar-refractivity contribution < 1.29 is 14.9 Å². The summed E-state index contributed by atoms with van der Waals surface area (Å²) in [6, 6.07) is 24.4. The summed E-state index contributed by atoms with van der Waals surface area (Å²) >= 11 is 0. The van der Waals surface area contributed by atoms with Crippen LogP contribution in [0, 0.1) is 11.8 Å². The molecule has 1 fully saturated rings. The van der Waals surface area contributed by atoms with Crippen molar-refractivity contribution >= 4 is 64.6 Å². The molecule has 8 rings (SSSR count). The van der Waals surface area contributed by atoms with Gasteiger partial charge in [0.1, 0.15) is 12.2 Å². The Morgan fingerprint density at radius 1 is 0.706 bits per heavy atom. The van der Waals surface area contributed by atoms with Crippen LogP contribution >= 0.6 is 0 Å². The van der Waals surface area contributed by atoms with E-state index in [0.29, 0.717) is 6.42 Å². The van der Waals surface area contributed by atoms with Crippen molar-refractivity contribution in [2.45, 2.75) is 24.7 Å².